The fourth-order valence-corrected chi connectivity index (χ4v) is 4.35. The minimum absolute atomic E-state index is 0.0777. The zero-order chi connectivity index (χ0) is 17.8. The molecular weight excluding hydrogens is 328 g/mol. The molecule has 0 aliphatic carbocycles. The normalized spacial score (nSPS) is 21.0. The largest absolute Gasteiger partial charge is 0.443 e. The lowest BCUT2D eigenvalue weighted by atomic mass is 9.94. The molecule has 8 heteroatoms. The second kappa shape index (κ2) is 7.55. The molecule has 1 aromatic rings. The van der Waals surface area contributed by atoms with Crippen LogP contribution in [0.1, 0.15) is 45.8 Å². The molecule has 1 unspecified atom stereocenters. The number of rotatable bonds is 5. The van der Waals surface area contributed by atoms with Crippen molar-refractivity contribution in [1.82, 2.24) is 15.6 Å². The summed E-state index contributed by atoms with van der Waals surface area (Å²) in [5, 5.41) is 6.37. The van der Waals surface area contributed by atoms with Gasteiger partial charge in [-0.15, -0.1) is 0 Å². The summed E-state index contributed by atoms with van der Waals surface area (Å²) in [6.07, 6.45) is 2.46. The molecule has 0 bridgehead atoms. The summed E-state index contributed by atoms with van der Waals surface area (Å²) in [5.74, 6) is 2.75. The molecular formula is C16H28N4O3S. The minimum Gasteiger partial charge on any atom is -0.443 e. The van der Waals surface area contributed by atoms with Gasteiger partial charge >= 0.3 is 0 Å². The first kappa shape index (κ1) is 18.8. The van der Waals surface area contributed by atoms with Crippen LogP contribution in [0.2, 0.25) is 0 Å². The fraction of sp³-hybridized carbons (Fsp3) is 0.750. The fourth-order valence-electron chi connectivity index (χ4n) is 2.49. The first-order valence-electron chi connectivity index (χ1n) is 8.37. The van der Waals surface area contributed by atoms with Crippen LogP contribution < -0.4 is 10.6 Å². The molecule has 2 heterocycles. The predicted molar refractivity (Wildman–Crippen MR) is 94.8 cm³/mol. The molecule has 1 atom stereocenters. The average molecular weight is 356 g/mol. The molecule has 0 aromatic carbocycles. The van der Waals surface area contributed by atoms with E-state index in [4.69, 9.17) is 4.42 Å². The van der Waals surface area contributed by atoms with E-state index in [9.17, 15) is 8.42 Å². The zero-order valence-corrected chi connectivity index (χ0v) is 15.7. The molecule has 136 valence electrons. The van der Waals surface area contributed by atoms with Crippen molar-refractivity contribution >= 4 is 15.8 Å². The van der Waals surface area contributed by atoms with E-state index < -0.39 is 9.84 Å². The molecule has 2 rings (SSSR count). The van der Waals surface area contributed by atoms with Crippen molar-refractivity contribution in [2.24, 2.45) is 10.9 Å². The van der Waals surface area contributed by atoms with E-state index in [-0.39, 0.29) is 17.1 Å². The van der Waals surface area contributed by atoms with Crippen LogP contribution in [0.15, 0.2) is 15.6 Å². The Hall–Kier alpha value is -1.57. The smallest absolute Gasteiger partial charge is 0.216 e. The third kappa shape index (κ3) is 5.51. The van der Waals surface area contributed by atoms with Crippen molar-refractivity contribution in [2.75, 3.05) is 24.6 Å². The van der Waals surface area contributed by atoms with Gasteiger partial charge in [-0.3, -0.25) is 0 Å². The van der Waals surface area contributed by atoms with Gasteiger partial charge in [-0.2, -0.15) is 0 Å². The third-order valence-corrected chi connectivity index (χ3v) is 5.73. The van der Waals surface area contributed by atoms with Crippen molar-refractivity contribution in [1.29, 1.82) is 0 Å². The van der Waals surface area contributed by atoms with Gasteiger partial charge in [-0.1, -0.05) is 20.8 Å². The van der Waals surface area contributed by atoms with Gasteiger partial charge in [0.1, 0.15) is 12.3 Å². The lowest BCUT2D eigenvalue weighted by molar-refractivity contribution is 0.383. The lowest BCUT2D eigenvalue weighted by Crippen LogP contribution is -2.40. The van der Waals surface area contributed by atoms with Crippen LogP contribution in [0, 0.1) is 5.92 Å². The molecule has 0 saturated carbocycles. The Balaban J connectivity index is 1.92. The van der Waals surface area contributed by atoms with Gasteiger partial charge in [0.2, 0.25) is 5.89 Å². The molecule has 1 aromatic heterocycles. The van der Waals surface area contributed by atoms with Crippen molar-refractivity contribution < 1.29 is 12.8 Å². The highest BCUT2D eigenvalue weighted by molar-refractivity contribution is 7.91. The van der Waals surface area contributed by atoms with Crippen molar-refractivity contribution in [3.05, 3.63) is 17.8 Å². The van der Waals surface area contributed by atoms with Crippen molar-refractivity contribution in [3.8, 4) is 0 Å². The third-order valence-electron chi connectivity index (χ3n) is 3.89. The molecule has 1 saturated heterocycles. The van der Waals surface area contributed by atoms with E-state index in [1.807, 2.05) is 6.92 Å². The van der Waals surface area contributed by atoms with E-state index in [0.29, 0.717) is 37.1 Å². The number of aliphatic imine (C=N–C) groups is 1. The number of guanidine groups is 1. The summed E-state index contributed by atoms with van der Waals surface area (Å²) < 4.78 is 28.8. The van der Waals surface area contributed by atoms with Gasteiger partial charge in [-0.25, -0.2) is 18.4 Å². The monoisotopic (exact) mass is 356 g/mol. The van der Waals surface area contributed by atoms with Gasteiger partial charge in [0, 0.05) is 18.5 Å². The van der Waals surface area contributed by atoms with Crippen molar-refractivity contribution in [3.63, 3.8) is 0 Å². The molecule has 7 nitrogen and oxygen atoms in total. The molecule has 1 aliphatic rings. The Kier molecular flexibility index (Phi) is 5.90. The number of nitrogens with zero attached hydrogens (tertiary/aromatic N) is 2. The molecule has 0 amide bonds. The van der Waals surface area contributed by atoms with E-state index in [2.05, 4.69) is 41.4 Å². The van der Waals surface area contributed by atoms with Crippen LogP contribution in [0.25, 0.3) is 0 Å². The Morgan fingerprint density at radius 1 is 1.42 bits per heavy atom. The Bertz CT molecular complexity index is 674. The molecule has 1 fully saturated rings. The second-order valence-corrected chi connectivity index (χ2v) is 9.44. The lowest BCUT2D eigenvalue weighted by Gasteiger charge is -2.14. The summed E-state index contributed by atoms with van der Waals surface area (Å²) in [7, 11) is -2.85. The first-order chi connectivity index (χ1) is 11.2. The van der Waals surface area contributed by atoms with E-state index in [0.717, 1.165) is 12.3 Å². The average Bonchev–Trinajstić information content (AvgIpc) is 3.08. The number of nitrogens with one attached hydrogen (secondary N) is 2. The van der Waals surface area contributed by atoms with Crippen LogP contribution in [0.5, 0.6) is 0 Å². The number of hydrogen-bond acceptors (Lipinski definition) is 5. The summed E-state index contributed by atoms with van der Waals surface area (Å²) in [5.41, 5.74) is -0.0777. The van der Waals surface area contributed by atoms with Gasteiger partial charge in [-0.05, 0) is 19.3 Å². The maximum atomic E-state index is 11.5. The van der Waals surface area contributed by atoms with Gasteiger partial charge in [0.25, 0.3) is 0 Å². The SMILES string of the molecule is CCNC(=NCc1ncc(C(C)(C)C)o1)NCC1CCS(=O)(=O)C1. The zero-order valence-electron chi connectivity index (χ0n) is 14.9. The summed E-state index contributed by atoms with van der Waals surface area (Å²) in [6.45, 7) is 9.87. The number of sulfone groups is 1. The molecule has 1 aliphatic heterocycles. The Labute approximate surface area is 144 Å². The quantitative estimate of drug-likeness (QED) is 0.612. The number of hydrogen-bond donors (Lipinski definition) is 2. The van der Waals surface area contributed by atoms with Crippen molar-refractivity contribution in [2.45, 2.75) is 46.1 Å². The highest BCUT2D eigenvalue weighted by Gasteiger charge is 2.27. The second-order valence-electron chi connectivity index (χ2n) is 7.21. The van der Waals surface area contributed by atoms with Crippen LogP contribution in [-0.2, 0) is 21.8 Å². The van der Waals surface area contributed by atoms with Gasteiger partial charge in [0.05, 0.1) is 17.7 Å². The predicted octanol–water partition coefficient (Wildman–Crippen LogP) is 1.46. The molecule has 2 N–H and O–H groups in total. The standard InChI is InChI=1S/C16H28N4O3S/c1-5-17-15(19-8-12-6-7-24(21,22)11-12)20-10-14-18-9-13(23-14)16(2,3)4/h9,12H,5-8,10-11H2,1-4H3,(H2,17,19,20). The van der Waals surface area contributed by atoms with E-state index in [1.54, 1.807) is 6.20 Å². The maximum absolute atomic E-state index is 11.5. The Morgan fingerprint density at radius 3 is 2.71 bits per heavy atom. The Morgan fingerprint density at radius 2 is 2.17 bits per heavy atom. The first-order valence-corrected chi connectivity index (χ1v) is 10.2. The highest BCUT2D eigenvalue weighted by atomic mass is 32.2. The minimum atomic E-state index is -2.85. The van der Waals surface area contributed by atoms with Crippen LogP contribution >= 0.6 is 0 Å². The number of oxazole rings is 1. The van der Waals surface area contributed by atoms with Crippen LogP contribution in [-0.4, -0.2) is 44.0 Å². The van der Waals surface area contributed by atoms with Gasteiger partial charge < -0.3 is 15.1 Å². The topological polar surface area (TPSA) is 96.6 Å². The maximum Gasteiger partial charge on any atom is 0.216 e. The highest BCUT2D eigenvalue weighted by Crippen LogP contribution is 2.22. The van der Waals surface area contributed by atoms with Crippen LogP contribution in [0.3, 0.4) is 0 Å². The summed E-state index contributed by atoms with van der Waals surface area (Å²) in [4.78, 5) is 8.73. The molecule has 0 spiro atoms. The summed E-state index contributed by atoms with van der Waals surface area (Å²) in [6, 6.07) is 0. The van der Waals surface area contributed by atoms with E-state index >= 15 is 0 Å². The summed E-state index contributed by atoms with van der Waals surface area (Å²) >= 11 is 0. The van der Waals surface area contributed by atoms with E-state index in [1.165, 1.54) is 0 Å². The van der Waals surface area contributed by atoms with Gasteiger partial charge in [0.15, 0.2) is 15.8 Å². The van der Waals surface area contributed by atoms with Crippen LogP contribution in [0.4, 0.5) is 0 Å². The molecule has 0 radical (unpaired) electrons. The molecule has 24 heavy (non-hydrogen) atoms. The number of aromatic nitrogens is 1.